The van der Waals surface area contributed by atoms with Crippen molar-refractivity contribution in [2.24, 2.45) is 0 Å². The van der Waals surface area contributed by atoms with E-state index in [2.05, 4.69) is 63.8 Å². The Labute approximate surface area is 136 Å². The van der Waals surface area contributed by atoms with Crippen LogP contribution in [0.4, 0.5) is 0 Å². The topological polar surface area (TPSA) is 37.8 Å². The molecule has 0 fully saturated rings. The maximum absolute atomic E-state index is 4.13. The fourth-order valence-corrected chi connectivity index (χ4v) is 3.38. The van der Waals surface area contributed by atoms with Crippen molar-refractivity contribution in [3.8, 4) is 11.1 Å². The van der Waals surface area contributed by atoms with E-state index in [4.69, 9.17) is 0 Å². The lowest BCUT2D eigenvalue weighted by Gasteiger charge is -2.18. The van der Waals surface area contributed by atoms with Gasteiger partial charge in [-0.1, -0.05) is 42.5 Å². The van der Waals surface area contributed by atoms with E-state index in [0.29, 0.717) is 5.92 Å². The largest absolute Gasteiger partial charge is 0.313 e. The molecule has 2 heterocycles. The van der Waals surface area contributed by atoms with Crippen LogP contribution in [0.1, 0.15) is 29.0 Å². The Bertz CT molecular complexity index is 784. The summed E-state index contributed by atoms with van der Waals surface area (Å²) in [4.78, 5) is 8.25. The van der Waals surface area contributed by atoms with Crippen molar-refractivity contribution in [2.75, 3.05) is 6.54 Å². The molecule has 0 spiro atoms. The fraction of sp³-hybridized carbons (Fsp3) is 0.200. The van der Waals surface area contributed by atoms with Gasteiger partial charge in [-0.15, -0.1) is 0 Å². The van der Waals surface area contributed by atoms with E-state index in [-0.39, 0.29) is 0 Å². The van der Waals surface area contributed by atoms with E-state index in [0.717, 1.165) is 25.1 Å². The maximum atomic E-state index is 4.13. The van der Waals surface area contributed by atoms with E-state index >= 15 is 0 Å². The molecule has 1 aromatic heterocycles. The number of hydrogen-bond acceptors (Lipinski definition) is 3. The predicted octanol–water partition coefficient (Wildman–Crippen LogP) is 3.77. The van der Waals surface area contributed by atoms with Crippen LogP contribution in [-0.2, 0) is 6.54 Å². The van der Waals surface area contributed by atoms with Crippen LogP contribution in [0.5, 0.6) is 0 Å². The normalized spacial score (nSPS) is 17.3. The van der Waals surface area contributed by atoms with Crippen LogP contribution in [0.25, 0.3) is 11.1 Å². The first-order chi connectivity index (χ1) is 11.4. The summed E-state index contributed by atoms with van der Waals surface area (Å²) in [5, 5.41) is 3.55. The van der Waals surface area contributed by atoms with Gasteiger partial charge in [-0.05, 0) is 41.3 Å². The molecule has 114 valence electrons. The molecule has 3 aromatic rings. The Morgan fingerprint density at radius 1 is 0.913 bits per heavy atom. The number of rotatable bonds is 2. The van der Waals surface area contributed by atoms with Crippen LogP contribution in [-0.4, -0.2) is 16.5 Å². The first-order valence-electron chi connectivity index (χ1n) is 8.06. The summed E-state index contributed by atoms with van der Waals surface area (Å²) in [5.41, 5.74) is 6.45. The molecule has 23 heavy (non-hydrogen) atoms. The third kappa shape index (κ3) is 2.88. The summed E-state index contributed by atoms with van der Waals surface area (Å²) >= 11 is 0. The quantitative estimate of drug-likeness (QED) is 0.783. The zero-order valence-electron chi connectivity index (χ0n) is 12.9. The van der Waals surface area contributed by atoms with Gasteiger partial charge in [-0.3, -0.25) is 0 Å². The highest BCUT2D eigenvalue weighted by atomic mass is 14.9. The third-order valence-electron chi connectivity index (χ3n) is 4.54. The summed E-state index contributed by atoms with van der Waals surface area (Å²) in [6, 6.07) is 17.6. The zero-order valence-corrected chi connectivity index (χ0v) is 12.9. The molecule has 1 unspecified atom stereocenters. The fourth-order valence-electron chi connectivity index (χ4n) is 3.38. The Morgan fingerprint density at radius 2 is 1.74 bits per heavy atom. The number of nitrogens with one attached hydrogen (secondary N) is 1. The average Bonchev–Trinajstić information content (AvgIpc) is 2.85. The van der Waals surface area contributed by atoms with Crippen molar-refractivity contribution in [1.82, 2.24) is 15.3 Å². The third-order valence-corrected chi connectivity index (χ3v) is 4.54. The molecular formula is C20H19N3. The van der Waals surface area contributed by atoms with Crippen LogP contribution in [0.15, 0.2) is 67.3 Å². The highest BCUT2D eigenvalue weighted by molar-refractivity contribution is 5.63. The second-order valence-corrected chi connectivity index (χ2v) is 5.97. The van der Waals surface area contributed by atoms with Crippen molar-refractivity contribution in [1.29, 1.82) is 0 Å². The van der Waals surface area contributed by atoms with E-state index in [1.54, 1.807) is 6.33 Å². The van der Waals surface area contributed by atoms with Gasteiger partial charge in [-0.2, -0.15) is 0 Å². The van der Waals surface area contributed by atoms with Gasteiger partial charge in [0.2, 0.25) is 0 Å². The Hall–Kier alpha value is -2.52. The van der Waals surface area contributed by atoms with Gasteiger partial charge in [0.25, 0.3) is 0 Å². The number of benzene rings is 2. The van der Waals surface area contributed by atoms with Gasteiger partial charge in [0.05, 0.1) is 0 Å². The second-order valence-electron chi connectivity index (χ2n) is 5.97. The molecule has 1 aliphatic rings. The Kier molecular flexibility index (Phi) is 3.86. The summed E-state index contributed by atoms with van der Waals surface area (Å²) in [6.45, 7) is 1.96. The highest BCUT2D eigenvalue weighted by Gasteiger charge is 2.20. The van der Waals surface area contributed by atoms with Crippen LogP contribution < -0.4 is 5.32 Å². The smallest absolute Gasteiger partial charge is 0.115 e. The summed E-state index contributed by atoms with van der Waals surface area (Å²) < 4.78 is 0. The maximum Gasteiger partial charge on any atom is 0.115 e. The molecule has 1 N–H and O–H groups in total. The number of aromatic nitrogens is 2. The standard InChI is InChI=1S/C20H19N3/c1-2-4-15(5-3-1)20-8-9-21-11-17-10-16(6-7-19(17)20)18-12-22-14-23-13-18/h1-7,10,12-14,20-21H,8-9,11H2. The van der Waals surface area contributed by atoms with Crippen molar-refractivity contribution in [2.45, 2.75) is 18.9 Å². The lowest BCUT2D eigenvalue weighted by Crippen LogP contribution is -2.12. The molecule has 0 radical (unpaired) electrons. The minimum absolute atomic E-state index is 0.460. The lowest BCUT2D eigenvalue weighted by atomic mass is 9.85. The molecule has 1 aliphatic heterocycles. The predicted molar refractivity (Wildman–Crippen MR) is 92.1 cm³/mol. The van der Waals surface area contributed by atoms with Gasteiger partial charge in [-0.25, -0.2) is 9.97 Å². The minimum atomic E-state index is 0.460. The van der Waals surface area contributed by atoms with Gasteiger partial charge in [0.15, 0.2) is 0 Å². The van der Waals surface area contributed by atoms with Crippen molar-refractivity contribution in [3.63, 3.8) is 0 Å². The molecule has 3 heteroatoms. The molecule has 0 bridgehead atoms. The van der Waals surface area contributed by atoms with E-state index in [1.807, 2.05) is 12.4 Å². The van der Waals surface area contributed by atoms with Gasteiger partial charge >= 0.3 is 0 Å². The number of nitrogens with zero attached hydrogens (tertiary/aromatic N) is 2. The average molecular weight is 301 g/mol. The van der Waals surface area contributed by atoms with Crippen LogP contribution >= 0.6 is 0 Å². The zero-order chi connectivity index (χ0) is 15.5. The van der Waals surface area contributed by atoms with E-state index in [9.17, 15) is 0 Å². The van der Waals surface area contributed by atoms with Gasteiger partial charge < -0.3 is 5.32 Å². The number of fused-ring (bicyclic) bond motifs is 1. The molecule has 2 aromatic carbocycles. The first kappa shape index (κ1) is 14.1. The summed E-state index contributed by atoms with van der Waals surface area (Å²) in [5.74, 6) is 0.460. The van der Waals surface area contributed by atoms with Gasteiger partial charge in [0, 0.05) is 30.4 Å². The molecule has 3 nitrogen and oxygen atoms in total. The lowest BCUT2D eigenvalue weighted by molar-refractivity contribution is 0.647. The molecule has 4 rings (SSSR count). The summed E-state index contributed by atoms with van der Waals surface area (Å²) in [6.07, 6.45) is 6.44. The Balaban J connectivity index is 1.77. The van der Waals surface area contributed by atoms with E-state index < -0.39 is 0 Å². The van der Waals surface area contributed by atoms with Crippen LogP contribution in [0, 0.1) is 0 Å². The Morgan fingerprint density at radius 3 is 2.57 bits per heavy atom. The van der Waals surface area contributed by atoms with Crippen molar-refractivity contribution < 1.29 is 0 Å². The molecule has 0 saturated heterocycles. The molecule has 0 saturated carbocycles. The summed E-state index contributed by atoms with van der Waals surface area (Å²) in [7, 11) is 0. The molecular weight excluding hydrogens is 282 g/mol. The molecule has 0 aliphatic carbocycles. The molecule has 1 atom stereocenters. The van der Waals surface area contributed by atoms with Crippen molar-refractivity contribution >= 4 is 0 Å². The number of hydrogen-bond donors (Lipinski definition) is 1. The molecule has 0 amide bonds. The van der Waals surface area contributed by atoms with Gasteiger partial charge in [0.1, 0.15) is 6.33 Å². The monoisotopic (exact) mass is 301 g/mol. The minimum Gasteiger partial charge on any atom is -0.313 e. The first-order valence-corrected chi connectivity index (χ1v) is 8.06. The highest BCUT2D eigenvalue weighted by Crippen LogP contribution is 2.34. The second kappa shape index (κ2) is 6.31. The van der Waals surface area contributed by atoms with Crippen LogP contribution in [0.3, 0.4) is 0 Å². The van der Waals surface area contributed by atoms with Crippen LogP contribution in [0.2, 0.25) is 0 Å². The SMILES string of the molecule is c1ccc(C2CCNCc3cc(-c4cncnc4)ccc32)cc1. The van der Waals surface area contributed by atoms with E-state index in [1.165, 1.54) is 22.3 Å². The van der Waals surface area contributed by atoms with Crippen molar-refractivity contribution in [3.05, 3.63) is 83.9 Å².